The summed E-state index contributed by atoms with van der Waals surface area (Å²) in [6.07, 6.45) is 3.24. The Morgan fingerprint density at radius 1 is 1.19 bits per heavy atom. The Balaban J connectivity index is 1.51. The van der Waals surface area contributed by atoms with Crippen LogP contribution in [0.15, 0.2) is 18.2 Å². The van der Waals surface area contributed by atoms with Crippen molar-refractivity contribution >= 4 is 11.8 Å². The summed E-state index contributed by atoms with van der Waals surface area (Å²) in [6, 6.07) is 5.56. The van der Waals surface area contributed by atoms with Gasteiger partial charge < -0.3 is 20.5 Å². The number of hydrogen-bond acceptors (Lipinski definition) is 7. The molecule has 2 aromatic rings. The molecule has 0 aliphatic carbocycles. The van der Waals surface area contributed by atoms with Crippen LogP contribution in [0, 0.1) is 0 Å². The molecule has 1 saturated heterocycles. The van der Waals surface area contributed by atoms with Gasteiger partial charge in [-0.05, 0) is 43.9 Å². The van der Waals surface area contributed by atoms with Gasteiger partial charge >= 0.3 is 0 Å². The Bertz CT molecular complexity index is 820. The first kappa shape index (κ1) is 17.9. The fraction of sp³-hybridized carbons (Fsp3) is 0.500. The van der Waals surface area contributed by atoms with Crippen LogP contribution in [0.2, 0.25) is 0 Å². The first-order chi connectivity index (χ1) is 13.1. The molecule has 144 valence electrons. The first-order valence-electron chi connectivity index (χ1n) is 9.71. The molecule has 1 fully saturated rings. The molecule has 1 aromatic heterocycles. The quantitative estimate of drug-likeness (QED) is 0.836. The van der Waals surface area contributed by atoms with Crippen LogP contribution in [0.3, 0.4) is 0 Å². The maximum atomic E-state index is 9.89. The average Bonchev–Trinajstić information content (AvgIpc) is 3.19. The Morgan fingerprint density at radius 2 is 2.00 bits per heavy atom. The van der Waals surface area contributed by atoms with Gasteiger partial charge in [-0.15, -0.1) is 0 Å². The number of anilines is 2. The van der Waals surface area contributed by atoms with Gasteiger partial charge in [0.2, 0.25) is 5.95 Å². The van der Waals surface area contributed by atoms with Gasteiger partial charge in [0, 0.05) is 38.3 Å². The summed E-state index contributed by atoms with van der Waals surface area (Å²) in [5.74, 6) is 2.12. The maximum Gasteiger partial charge on any atom is 0.227 e. The molecule has 0 saturated carbocycles. The number of aromatic hydroxyl groups is 1. The number of benzene rings is 1. The zero-order chi connectivity index (χ0) is 18.8. The van der Waals surface area contributed by atoms with Crippen molar-refractivity contribution in [2.24, 2.45) is 0 Å². The highest BCUT2D eigenvalue weighted by atomic mass is 16.5. The monoisotopic (exact) mass is 369 g/mol. The minimum absolute atomic E-state index is 0.181. The summed E-state index contributed by atoms with van der Waals surface area (Å²) in [6.45, 7) is 6.91. The minimum atomic E-state index is 0.181. The van der Waals surface area contributed by atoms with Gasteiger partial charge in [0.25, 0.3) is 0 Å². The Kier molecular flexibility index (Phi) is 5.03. The molecule has 2 aliphatic rings. The number of nitrogens with zero attached hydrogens (tertiary/aromatic N) is 4. The molecular weight excluding hydrogens is 342 g/mol. The number of nitrogens with two attached hydrogens (primary N) is 1. The molecule has 4 rings (SSSR count). The number of phenols is 1. The lowest BCUT2D eigenvalue weighted by molar-refractivity contribution is 0.240. The normalized spacial score (nSPS) is 17.1. The lowest BCUT2D eigenvalue weighted by Crippen LogP contribution is -2.32. The van der Waals surface area contributed by atoms with E-state index in [1.165, 1.54) is 12.8 Å². The molecule has 1 aromatic carbocycles. The van der Waals surface area contributed by atoms with Gasteiger partial charge in [0.1, 0.15) is 5.82 Å². The van der Waals surface area contributed by atoms with Gasteiger partial charge in [-0.2, -0.15) is 4.98 Å². The molecule has 3 heterocycles. The molecule has 0 spiro atoms. The van der Waals surface area contributed by atoms with Crippen molar-refractivity contribution in [2.45, 2.75) is 39.3 Å². The number of nitrogen functional groups attached to an aromatic ring is 1. The maximum absolute atomic E-state index is 9.89. The number of ether oxygens (including phenoxy) is 1. The van der Waals surface area contributed by atoms with Crippen LogP contribution in [-0.2, 0) is 19.5 Å². The molecule has 0 amide bonds. The van der Waals surface area contributed by atoms with Crippen molar-refractivity contribution in [3.05, 3.63) is 35.0 Å². The first-order valence-corrected chi connectivity index (χ1v) is 9.71. The smallest absolute Gasteiger partial charge is 0.227 e. The number of hydrogen-bond donors (Lipinski definition) is 2. The second-order valence-corrected chi connectivity index (χ2v) is 7.22. The highest BCUT2D eigenvalue weighted by molar-refractivity contribution is 5.49. The average molecular weight is 369 g/mol. The highest BCUT2D eigenvalue weighted by Crippen LogP contribution is 2.29. The molecule has 7 nitrogen and oxygen atoms in total. The lowest BCUT2D eigenvalue weighted by Gasteiger charge is -2.29. The standard InChI is InChI=1S/C20H27N5O2/c1-2-27-18-11-14(5-6-17(18)26)12-24-10-7-15-16(13-24)22-20(23-19(15)21)25-8-3-4-9-25/h5-6,11,26H,2-4,7-10,12-13H2,1H3,(H2,21,22,23). The molecule has 0 radical (unpaired) electrons. The topological polar surface area (TPSA) is 87.7 Å². The summed E-state index contributed by atoms with van der Waals surface area (Å²) < 4.78 is 5.50. The zero-order valence-electron chi connectivity index (χ0n) is 15.8. The second-order valence-electron chi connectivity index (χ2n) is 7.22. The molecule has 2 aliphatic heterocycles. The summed E-state index contributed by atoms with van der Waals surface area (Å²) in [5, 5.41) is 9.89. The Morgan fingerprint density at radius 3 is 2.78 bits per heavy atom. The van der Waals surface area contributed by atoms with Crippen LogP contribution in [0.4, 0.5) is 11.8 Å². The van der Waals surface area contributed by atoms with Crippen LogP contribution in [0.1, 0.15) is 36.6 Å². The molecular formula is C20H27N5O2. The van der Waals surface area contributed by atoms with E-state index in [0.717, 1.165) is 61.9 Å². The predicted octanol–water partition coefficient (Wildman–Crippen LogP) is 2.32. The van der Waals surface area contributed by atoms with Gasteiger partial charge in [0.05, 0.1) is 12.3 Å². The summed E-state index contributed by atoms with van der Waals surface area (Å²) in [4.78, 5) is 14.0. The molecule has 0 unspecified atom stereocenters. The van der Waals surface area contributed by atoms with E-state index in [9.17, 15) is 5.11 Å². The summed E-state index contributed by atoms with van der Waals surface area (Å²) in [7, 11) is 0. The van der Waals surface area contributed by atoms with Crippen LogP contribution < -0.4 is 15.4 Å². The number of phenolic OH excluding ortho intramolecular Hbond substituents is 1. The molecule has 3 N–H and O–H groups in total. The SMILES string of the molecule is CCOc1cc(CN2CCc3c(N)nc(N4CCCC4)nc3C2)ccc1O. The minimum Gasteiger partial charge on any atom is -0.504 e. The number of aromatic nitrogens is 2. The van der Waals surface area contributed by atoms with Crippen molar-refractivity contribution in [3.8, 4) is 11.5 Å². The third-order valence-electron chi connectivity index (χ3n) is 5.28. The van der Waals surface area contributed by atoms with Crippen molar-refractivity contribution < 1.29 is 9.84 Å². The number of rotatable bonds is 5. The van der Waals surface area contributed by atoms with E-state index in [1.807, 2.05) is 19.1 Å². The van der Waals surface area contributed by atoms with E-state index >= 15 is 0 Å². The second kappa shape index (κ2) is 7.60. The van der Waals surface area contributed by atoms with Crippen LogP contribution in [0.5, 0.6) is 11.5 Å². The zero-order valence-corrected chi connectivity index (χ0v) is 15.8. The summed E-state index contributed by atoms with van der Waals surface area (Å²) in [5.41, 5.74) is 9.48. The largest absolute Gasteiger partial charge is 0.504 e. The summed E-state index contributed by atoms with van der Waals surface area (Å²) >= 11 is 0. The van der Waals surface area contributed by atoms with Gasteiger partial charge in [-0.3, -0.25) is 4.90 Å². The Labute approximate surface area is 159 Å². The third-order valence-corrected chi connectivity index (χ3v) is 5.28. The Hall–Kier alpha value is -2.54. The third kappa shape index (κ3) is 3.78. The van der Waals surface area contributed by atoms with Crippen LogP contribution in [-0.4, -0.2) is 46.2 Å². The van der Waals surface area contributed by atoms with Crippen LogP contribution >= 0.6 is 0 Å². The fourth-order valence-electron chi connectivity index (χ4n) is 3.88. The van der Waals surface area contributed by atoms with Gasteiger partial charge in [-0.25, -0.2) is 4.98 Å². The molecule has 7 heteroatoms. The number of fused-ring (bicyclic) bond motifs is 1. The molecule has 0 atom stereocenters. The fourth-order valence-corrected chi connectivity index (χ4v) is 3.88. The predicted molar refractivity (Wildman–Crippen MR) is 105 cm³/mol. The van der Waals surface area contributed by atoms with E-state index < -0.39 is 0 Å². The lowest BCUT2D eigenvalue weighted by atomic mass is 10.0. The van der Waals surface area contributed by atoms with Gasteiger partial charge in [0.15, 0.2) is 11.5 Å². The molecule has 0 bridgehead atoms. The highest BCUT2D eigenvalue weighted by Gasteiger charge is 2.24. The van der Waals surface area contributed by atoms with E-state index in [1.54, 1.807) is 6.07 Å². The molecule has 27 heavy (non-hydrogen) atoms. The van der Waals surface area contributed by atoms with E-state index in [0.29, 0.717) is 18.2 Å². The van der Waals surface area contributed by atoms with E-state index in [-0.39, 0.29) is 5.75 Å². The van der Waals surface area contributed by atoms with Crippen molar-refractivity contribution in [2.75, 3.05) is 36.9 Å². The van der Waals surface area contributed by atoms with Crippen molar-refractivity contribution in [1.29, 1.82) is 0 Å². The van der Waals surface area contributed by atoms with Crippen molar-refractivity contribution in [1.82, 2.24) is 14.9 Å². The van der Waals surface area contributed by atoms with Gasteiger partial charge in [-0.1, -0.05) is 6.07 Å². The van der Waals surface area contributed by atoms with Crippen LogP contribution in [0.25, 0.3) is 0 Å². The van der Waals surface area contributed by atoms with E-state index in [4.69, 9.17) is 15.5 Å². The van der Waals surface area contributed by atoms with E-state index in [2.05, 4.69) is 14.8 Å². The van der Waals surface area contributed by atoms with Crippen molar-refractivity contribution in [3.63, 3.8) is 0 Å².